The first-order chi connectivity index (χ1) is 11.1. The molecule has 3 fully saturated rings. The van der Waals surface area contributed by atoms with Crippen molar-refractivity contribution in [1.29, 1.82) is 0 Å². The Kier molecular flexibility index (Phi) is 4.45. The Morgan fingerprint density at radius 3 is 2.61 bits per heavy atom. The summed E-state index contributed by atoms with van der Waals surface area (Å²) in [6.45, 7) is 4.47. The van der Waals surface area contributed by atoms with Gasteiger partial charge in [-0.15, -0.1) is 11.3 Å². The predicted molar refractivity (Wildman–Crippen MR) is 90.4 cm³/mol. The number of β-amino-alcohol motifs (C(OH)–C–C–N with tert-alkyl or cyclic N) is 1. The molecule has 1 aromatic heterocycles. The second kappa shape index (κ2) is 6.41. The molecule has 1 aliphatic carbocycles. The molecule has 1 unspecified atom stereocenters. The Balaban J connectivity index is 1.36. The first kappa shape index (κ1) is 16.0. The molecule has 5 nitrogen and oxygen atoms in total. The van der Waals surface area contributed by atoms with E-state index in [0.29, 0.717) is 0 Å². The van der Waals surface area contributed by atoms with Crippen LogP contribution in [-0.2, 0) is 12.1 Å². The molecule has 0 radical (unpaired) electrons. The maximum atomic E-state index is 11.0. The zero-order valence-electron chi connectivity index (χ0n) is 13.7. The van der Waals surface area contributed by atoms with E-state index in [-0.39, 0.29) is 6.10 Å². The first-order valence-corrected chi connectivity index (χ1v) is 9.82. The van der Waals surface area contributed by atoms with Gasteiger partial charge in [-0.1, -0.05) is 6.42 Å². The van der Waals surface area contributed by atoms with Crippen LogP contribution in [0.4, 0.5) is 0 Å². The van der Waals surface area contributed by atoms with Crippen molar-refractivity contribution in [2.24, 2.45) is 0 Å². The maximum Gasteiger partial charge on any atom is 0.110 e. The van der Waals surface area contributed by atoms with Gasteiger partial charge in [0.05, 0.1) is 18.3 Å². The topological polar surface area (TPSA) is 59.8 Å². The number of piperidine rings is 1. The normalized spacial score (nSPS) is 29.7. The van der Waals surface area contributed by atoms with Crippen molar-refractivity contribution < 1.29 is 10.2 Å². The molecular formula is C17H27N3O2S. The van der Waals surface area contributed by atoms with Gasteiger partial charge in [-0.2, -0.15) is 0 Å². The van der Waals surface area contributed by atoms with Gasteiger partial charge in [0.1, 0.15) is 10.6 Å². The van der Waals surface area contributed by atoms with Gasteiger partial charge in [0.25, 0.3) is 0 Å². The Hall–Kier alpha value is -0.530. The molecule has 128 valence electrons. The highest BCUT2D eigenvalue weighted by atomic mass is 32.1. The Morgan fingerprint density at radius 2 is 2.00 bits per heavy atom. The number of aliphatic hydroxyl groups excluding tert-OH is 1. The van der Waals surface area contributed by atoms with Crippen LogP contribution >= 0.6 is 11.3 Å². The Bertz CT molecular complexity index is 538. The number of thiazole rings is 1. The monoisotopic (exact) mass is 337 g/mol. The van der Waals surface area contributed by atoms with Gasteiger partial charge in [-0.25, -0.2) is 4.98 Å². The van der Waals surface area contributed by atoms with Crippen LogP contribution in [0.25, 0.3) is 0 Å². The maximum absolute atomic E-state index is 11.0. The van der Waals surface area contributed by atoms with E-state index in [1.54, 1.807) is 11.3 Å². The van der Waals surface area contributed by atoms with E-state index in [9.17, 15) is 10.2 Å². The van der Waals surface area contributed by atoms with Crippen LogP contribution in [0, 0.1) is 0 Å². The summed E-state index contributed by atoms with van der Waals surface area (Å²) in [6.07, 6.45) is 6.31. The van der Waals surface area contributed by atoms with Crippen molar-refractivity contribution >= 4 is 11.3 Å². The third kappa shape index (κ3) is 3.33. The van der Waals surface area contributed by atoms with Crippen LogP contribution in [0.15, 0.2) is 5.38 Å². The lowest BCUT2D eigenvalue weighted by Crippen LogP contribution is -2.49. The lowest BCUT2D eigenvalue weighted by molar-refractivity contribution is -0.0467. The second-order valence-corrected chi connectivity index (χ2v) is 8.40. The summed E-state index contributed by atoms with van der Waals surface area (Å²) in [4.78, 5) is 9.52. The van der Waals surface area contributed by atoms with E-state index in [1.165, 1.54) is 19.3 Å². The average Bonchev–Trinajstić information content (AvgIpc) is 3.10. The zero-order chi connectivity index (χ0) is 15.9. The number of aromatic nitrogens is 1. The summed E-state index contributed by atoms with van der Waals surface area (Å²) < 4.78 is 0. The fourth-order valence-electron chi connectivity index (χ4n) is 4.01. The van der Waals surface area contributed by atoms with E-state index < -0.39 is 5.60 Å². The molecule has 0 bridgehead atoms. The molecule has 2 N–H and O–H groups in total. The molecule has 1 aromatic rings. The van der Waals surface area contributed by atoms with Crippen molar-refractivity contribution in [2.75, 3.05) is 26.2 Å². The average molecular weight is 337 g/mol. The van der Waals surface area contributed by atoms with E-state index >= 15 is 0 Å². The molecule has 0 spiro atoms. The van der Waals surface area contributed by atoms with Crippen molar-refractivity contribution in [2.45, 2.75) is 62.8 Å². The third-order valence-corrected chi connectivity index (χ3v) is 6.68. The summed E-state index contributed by atoms with van der Waals surface area (Å²) in [5.74, 6) is 0. The van der Waals surface area contributed by atoms with Gasteiger partial charge < -0.3 is 15.1 Å². The van der Waals surface area contributed by atoms with Crippen LogP contribution in [0.1, 0.15) is 49.2 Å². The highest BCUT2D eigenvalue weighted by Crippen LogP contribution is 2.36. The molecular weight excluding hydrogens is 310 g/mol. The molecule has 0 aromatic carbocycles. The van der Waals surface area contributed by atoms with Crippen molar-refractivity contribution in [3.8, 4) is 0 Å². The van der Waals surface area contributed by atoms with Gasteiger partial charge in [-0.3, -0.25) is 4.90 Å². The fourth-order valence-corrected chi connectivity index (χ4v) is 4.94. The highest BCUT2D eigenvalue weighted by Gasteiger charge is 2.38. The minimum atomic E-state index is -0.737. The van der Waals surface area contributed by atoms with Crippen molar-refractivity contribution in [1.82, 2.24) is 14.8 Å². The first-order valence-electron chi connectivity index (χ1n) is 8.94. The van der Waals surface area contributed by atoms with E-state index in [1.807, 2.05) is 5.38 Å². The van der Waals surface area contributed by atoms with Gasteiger partial charge in [0.15, 0.2) is 0 Å². The van der Waals surface area contributed by atoms with Gasteiger partial charge in [0, 0.05) is 37.6 Å². The fraction of sp³-hybridized carbons (Fsp3) is 0.824. The van der Waals surface area contributed by atoms with Crippen LogP contribution in [0.3, 0.4) is 0 Å². The largest absolute Gasteiger partial charge is 0.392 e. The quantitative estimate of drug-likeness (QED) is 0.873. The van der Waals surface area contributed by atoms with Crippen molar-refractivity contribution in [3.05, 3.63) is 16.1 Å². The smallest absolute Gasteiger partial charge is 0.110 e. The summed E-state index contributed by atoms with van der Waals surface area (Å²) >= 11 is 1.64. The van der Waals surface area contributed by atoms with Gasteiger partial charge in [-0.05, 0) is 32.1 Å². The Labute approximate surface area is 141 Å². The highest BCUT2D eigenvalue weighted by molar-refractivity contribution is 7.09. The number of hydrogen-bond acceptors (Lipinski definition) is 6. The van der Waals surface area contributed by atoms with Crippen LogP contribution in [0.5, 0.6) is 0 Å². The number of likely N-dealkylation sites (tertiary alicyclic amines) is 2. The van der Waals surface area contributed by atoms with Crippen LogP contribution < -0.4 is 0 Å². The molecule has 1 saturated carbocycles. The lowest BCUT2D eigenvalue weighted by atomic mass is 9.84. The molecule has 1 atom stereocenters. The summed E-state index contributed by atoms with van der Waals surface area (Å²) in [7, 11) is 0. The van der Waals surface area contributed by atoms with Gasteiger partial charge >= 0.3 is 0 Å². The van der Waals surface area contributed by atoms with E-state index in [0.717, 1.165) is 68.7 Å². The molecule has 3 aliphatic rings. The molecule has 2 saturated heterocycles. The molecule has 6 heteroatoms. The summed E-state index contributed by atoms with van der Waals surface area (Å²) in [6, 6.07) is 0.770. The number of hydrogen-bond donors (Lipinski definition) is 2. The number of aliphatic hydroxyl groups is 2. The molecule has 2 aliphatic heterocycles. The molecule has 4 rings (SSSR count). The predicted octanol–water partition coefficient (Wildman–Crippen LogP) is 1.55. The van der Waals surface area contributed by atoms with E-state index in [2.05, 4.69) is 9.80 Å². The minimum absolute atomic E-state index is 0.186. The standard InChI is InChI=1S/C17H27N3O2S/c21-14-4-7-19(10-14)11-16-18-15(12-23-16)17(22)5-8-20(9-6-17)13-2-1-3-13/h12-14,21-22H,1-11H2. The van der Waals surface area contributed by atoms with Crippen molar-refractivity contribution in [3.63, 3.8) is 0 Å². The number of nitrogens with zero attached hydrogens (tertiary/aromatic N) is 3. The molecule has 23 heavy (non-hydrogen) atoms. The second-order valence-electron chi connectivity index (χ2n) is 7.46. The number of rotatable bonds is 4. The lowest BCUT2D eigenvalue weighted by Gasteiger charge is -2.44. The molecule has 0 amide bonds. The van der Waals surface area contributed by atoms with Crippen LogP contribution in [-0.4, -0.2) is 63.3 Å². The zero-order valence-corrected chi connectivity index (χ0v) is 14.5. The summed E-state index contributed by atoms with van der Waals surface area (Å²) in [5.41, 5.74) is 0.130. The van der Waals surface area contributed by atoms with E-state index in [4.69, 9.17) is 4.98 Å². The molecule has 3 heterocycles. The third-order valence-electron chi connectivity index (χ3n) is 5.85. The SMILES string of the molecule is OC1CCN(Cc2nc(C3(O)CCN(C4CCC4)CC3)cs2)C1. The van der Waals surface area contributed by atoms with Gasteiger partial charge in [0.2, 0.25) is 0 Å². The Morgan fingerprint density at radius 1 is 1.22 bits per heavy atom. The summed E-state index contributed by atoms with van der Waals surface area (Å²) in [5, 5.41) is 23.7. The van der Waals surface area contributed by atoms with Crippen LogP contribution in [0.2, 0.25) is 0 Å². The minimum Gasteiger partial charge on any atom is -0.392 e.